The SMILES string of the molecule is CC[C@@H](Nc1c(Nc2cccc3c2C(=O)N(CCOC)C3)c(=O)c1=O)c1ccc(C)o1. The van der Waals surface area contributed by atoms with Gasteiger partial charge >= 0.3 is 0 Å². The first kappa shape index (κ1) is 20.9. The molecule has 31 heavy (non-hydrogen) atoms. The predicted octanol–water partition coefficient (Wildman–Crippen LogP) is 3.09. The highest BCUT2D eigenvalue weighted by atomic mass is 16.5. The van der Waals surface area contributed by atoms with E-state index in [0.29, 0.717) is 43.1 Å². The van der Waals surface area contributed by atoms with E-state index in [9.17, 15) is 14.4 Å². The Morgan fingerprint density at radius 1 is 1.13 bits per heavy atom. The van der Waals surface area contributed by atoms with Crippen molar-refractivity contribution in [3.63, 3.8) is 0 Å². The molecule has 0 saturated carbocycles. The molecule has 8 heteroatoms. The van der Waals surface area contributed by atoms with Gasteiger partial charge in [-0.15, -0.1) is 0 Å². The first-order chi connectivity index (χ1) is 14.9. The van der Waals surface area contributed by atoms with Crippen LogP contribution in [0.2, 0.25) is 0 Å². The molecule has 0 bridgehead atoms. The predicted molar refractivity (Wildman–Crippen MR) is 118 cm³/mol. The fourth-order valence-corrected chi connectivity index (χ4v) is 3.88. The Morgan fingerprint density at radius 2 is 1.90 bits per heavy atom. The summed E-state index contributed by atoms with van der Waals surface area (Å²) in [4.78, 5) is 39.2. The van der Waals surface area contributed by atoms with E-state index in [0.717, 1.165) is 11.3 Å². The lowest BCUT2D eigenvalue weighted by atomic mass is 10.1. The Labute approximate surface area is 179 Å². The summed E-state index contributed by atoms with van der Waals surface area (Å²) in [6.07, 6.45) is 0.666. The van der Waals surface area contributed by atoms with E-state index in [2.05, 4.69) is 10.6 Å². The van der Waals surface area contributed by atoms with Crippen LogP contribution in [0, 0.1) is 6.92 Å². The molecule has 4 rings (SSSR count). The summed E-state index contributed by atoms with van der Waals surface area (Å²) in [6.45, 7) is 5.23. The lowest BCUT2D eigenvalue weighted by Crippen LogP contribution is -2.37. The minimum Gasteiger partial charge on any atom is -0.464 e. The second-order valence-electron chi connectivity index (χ2n) is 7.65. The van der Waals surface area contributed by atoms with Crippen molar-refractivity contribution in [3.05, 3.63) is 73.4 Å². The van der Waals surface area contributed by atoms with Crippen molar-refractivity contribution in [1.82, 2.24) is 4.90 Å². The number of fused-ring (bicyclic) bond motifs is 1. The van der Waals surface area contributed by atoms with Crippen LogP contribution in [-0.2, 0) is 11.3 Å². The highest BCUT2D eigenvalue weighted by Crippen LogP contribution is 2.33. The minimum atomic E-state index is -0.604. The van der Waals surface area contributed by atoms with Gasteiger partial charge < -0.3 is 24.7 Å². The number of amides is 1. The Kier molecular flexibility index (Phi) is 5.65. The molecule has 0 radical (unpaired) electrons. The number of hydrogen-bond acceptors (Lipinski definition) is 7. The van der Waals surface area contributed by atoms with Gasteiger partial charge in [-0.05, 0) is 37.1 Å². The van der Waals surface area contributed by atoms with Crippen molar-refractivity contribution in [2.75, 3.05) is 30.9 Å². The van der Waals surface area contributed by atoms with E-state index in [-0.39, 0.29) is 23.3 Å². The van der Waals surface area contributed by atoms with Crippen LogP contribution < -0.4 is 21.5 Å². The van der Waals surface area contributed by atoms with Gasteiger partial charge in [-0.25, -0.2) is 0 Å². The average Bonchev–Trinajstić information content (AvgIpc) is 3.35. The molecule has 0 fully saturated rings. The summed E-state index contributed by atoms with van der Waals surface area (Å²) in [5, 5.41) is 6.18. The smallest absolute Gasteiger partial charge is 0.256 e. The van der Waals surface area contributed by atoms with Crippen LogP contribution in [0.3, 0.4) is 0 Å². The molecule has 1 amide bonds. The lowest BCUT2D eigenvalue weighted by Gasteiger charge is -2.21. The van der Waals surface area contributed by atoms with Gasteiger partial charge in [0.05, 0.1) is 23.9 Å². The van der Waals surface area contributed by atoms with Crippen LogP contribution in [0.15, 0.2) is 44.3 Å². The van der Waals surface area contributed by atoms with E-state index in [4.69, 9.17) is 9.15 Å². The third kappa shape index (κ3) is 3.74. The fraction of sp³-hybridized carbons (Fsp3) is 0.348. The van der Waals surface area contributed by atoms with E-state index >= 15 is 0 Å². The fourth-order valence-electron chi connectivity index (χ4n) is 3.88. The van der Waals surface area contributed by atoms with Crippen LogP contribution in [0.1, 0.15) is 46.8 Å². The molecule has 2 aromatic carbocycles. The number of hydrogen-bond donors (Lipinski definition) is 2. The zero-order valence-electron chi connectivity index (χ0n) is 17.8. The molecule has 1 aliphatic rings. The second-order valence-corrected chi connectivity index (χ2v) is 7.65. The molecule has 2 heterocycles. The standard InChI is InChI=1S/C23H25N3O5/c1-4-15(17-9-8-13(2)31-17)24-19-20(22(28)21(19)27)25-16-7-5-6-14-12-26(10-11-30-3)23(29)18(14)16/h5-9,15,24-25H,4,10-12H2,1-3H3/t15-/m1/s1. The van der Waals surface area contributed by atoms with E-state index in [1.54, 1.807) is 18.1 Å². The van der Waals surface area contributed by atoms with Gasteiger partial charge in [0.2, 0.25) is 0 Å². The van der Waals surface area contributed by atoms with Crippen molar-refractivity contribution in [2.24, 2.45) is 0 Å². The molecule has 2 N–H and O–H groups in total. The summed E-state index contributed by atoms with van der Waals surface area (Å²) in [5.41, 5.74) is 1.10. The lowest BCUT2D eigenvalue weighted by molar-refractivity contribution is 0.0720. The second kappa shape index (κ2) is 8.39. The quantitative estimate of drug-likeness (QED) is 0.510. The number of benzene rings is 1. The molecule has 8 nitrogen and oxygen atoms in total. The molecule has 1 aliphatic heterocycles. The van der Waals surface area contributed by atoms with E-state index in [1.807, 2.05) is 38.1 Å². The Hall–Kier alpha value is -3.39. The maximum atomic E-state index is 12.9. The molecule has 1 aromatic heterocycles. The van der Waals surface area contributed by atoms with Crippen LogP contribution in [-0.4, -0.2) is 31.1 Å². The van der Waals surface area contributed by atoms with Gasteiger partial charge in [0.15, 0.2) is 0 Å². The zero-order valence-corrected chi connectivity index (χ0v) is 17.8. The van der Waals surface area contributed by atoms with E-state index < -0.39 is 10.9 Å². The molecule has 0 spiro atoms. The van der Waals surface area contributed by atoms with Crippen molar-refractivity contribution in [1.29, 1.82) is 0 Å². The monoisotopic (exact) mass is 423 g/mol. The van der Waals surface area contributed by atoms with Gasteiger partial charge in [0.1, 0.15) is 22.9 Å². The van der Waals surface area contributed by atoms with Gasteiger partial charge in [-0.1, -0.05) is 19.1 Å². The maximum absolute atomic E-state index is 12.9. The van der Waals surface area contributed by atoms with Crippen LogP contribution in [0.5, 0.6) is 0 Å². The number of carbonyl (C=O) groups excluding carboxylic acids is 1. The van der Waals surface area contributed by atoms with Crippen molar-refractivity contribution < 1.29 is 13.9 Å². The number of carbonyl (C=O) groups is 1. The normalized spacial score (nSPS) is 14.2. The molecule has 1 atom stereocenters. The zero-order chi connectivity index (χ0) is 22.1. The third-order valence-corrected chi connectivity index (χ3v) is 5.58. The minimum absolute atomic E-state index is 0.124. The maximum Gasteiger partial charge on any atom is 0.256 e. The van der Waals surface area contributed by atoms with Crippen molar-refractivity contribution >= 4 is 23.0 Å². The molecular formula is C23H25N3O5. The third-order valence-electron chi connectivity index (χ3n) is 5.58. The van der Waals surface area contributed by atoms with Gasteiger partial charge in [-0.2, -0.15) is 0 Å². The van der Waals surface area contributed by atoms with Crippen LogP contribution >= 0.6 is 0 Å². The van der Waals surface area contributed by atoms with Gasteiger partial charge in [0, 0.05) is 20.2 Å². The average molecular weight is 423 g/mol. The Balaban J connectivity index is 1.60. The molecule has 162 valence electrons. The van der Waals surface area contributed by atoms with Gasteiger partial charge in [-0.3, -0.25) is 14.4 Å². The molecular weight excluding hydrogens is 398 g/mol. The number of nitrogens with one attached hydrogen (secondary N) is 2. The van der Waals surface area contributed by atoms with Crippen LogP contribution in [0.4, 0.5) is 17.1 Å². The van der Waals surface area contributed by atoms with Gasteiger partial charge in [0.25, 0.3) is 16.8 Å². The highest BCUT2D eigenvalue weighted by molar-refractivity contribution is 6.04. The topological polar surface area (TPSA) is 101 Å². The number of aryl methyl sites for hydroxylation is 1. The largest absolute Gasteiger partial charge is 0.464 e. The summed E-state index contributed by atoms with van der Waals surface area (Å²) in [6, 6.07) is 8.92. The summed E-state index contributed by atoms with van der Waals surface area (Å²) < 4.78 is 10.8. The Bertz CT molecular complexity index is 1190. The molecule has 0 saturated heterocycles. The first-order valence-corrected chi connectivity index (χ1v) is 10.3. The number of methoxy groups -OCH3 is 1. The van der Waals surface area contributed by atoms with E-state index in [1.165, 1.54) is 0 Å². The van der Waals surface area contributed by atoms with Crippen molar-refractivity contribution in [2.45, 2.75) is 32.9 Å². The number of anilines is 3. The first-order valence-electron chi connectivity index (χ1n) is 10.3. The molecule has 0 aliphatic carbocycles. The van der Waals surface area contributed by atoms with Crippen LogP contribution in [0.25, 0.3) is 0 Å². The number of nitrogens with zero attached hydrogens (tertiary/aromatic N) is 1. The highest BCUT2D eigenvalue weighted by Gasteiger charge is 2.31. The molecule has 0 unspecified atom stereocenters. The number of ether oxygens (including phenoxy) is 1. The Morgan fingerprint density at radius 3 is 2.58 bits per heavy atom. The molecule has 3 aromatic rings. The number of rotatable bonds is 9. The summed E-state index contributed by atoms with van der Waals surface area (Å²) in [7, 11) is 1.59. The summed E-state index contributed by atoms with van der Waals surface area (Å²) >= 11 is 0. The summed E-state index contributed by atoms with van der Waals surface area (Å²) in [5.74, 6) is 1.35. The van der Waals surface area contributed by atoms with Crippen molar-refractivity contribution in [3.8, 4) is 0 Å². The number of furan rings is 1.